The van der Waals surface area contributed by atoms with Gasteiger partial charge >= 0.3 is 5.69 Å². The van der Waals surface area contributed by atoms with Gasteiger partial charge in [0.2, 0.25) is 0 Å². The van der Waals surface area contributed by atoms with E-state index in [4.69, 9.17) is 11.6 Å². The number of nitrogens with one attached hydrogen (secondary N) is 1. The third kappa shape index (κ3) is 2.45. The number of nitrogens with zero attached hydrogens (tertiary/aromatic N) is 2. The summed E-state index contributed by atoms with van der Waals surface area (Å²) in [5.41, 5.74) is -0.421. The van der Waals surface area contributed by atoms with Gasteiger partial charge in [-0.05, 0) is 13.8 Å². The number of aromatic amines is 1. The molecule has 72 valence electrons. The third-order valence-corrected chi connectivity index (χ3v) is 2.04. The fraction of sp³-hybridized carbons (Fsp3) is 0.500. The molecule has 1 N–H and O–H groups in total. The Morgan fingerprint density at radius 2 is 2.23 bits per heavy atom. The largest absolute Gasteiger partial charge is 0.357 e. The number of rotatable bonds is 2. The molecule has 0 fully saturated rings. The lowest BCUT2D eigenvalue weighted by Crippen LogP contribution is -2.28. The molecule has 5 heteroatoms. The van der Waals surface area contributed by atoms with E-state index in [1.54, 1.807) is 6.07 Å². The van der Waals surface area contributed by atoms with Crippen LogP contribution in [0.3, 0.4) is 0 Å². The summed E-state index contributed by atoms with van der Waals surface area (Å²) in [6.45, 7) is 4.02. The van der Waals surface area contributed by atoms with Crippen molar-refractivity contribution in [2.45, 2.75) is 19.9 Å². The Labute approximate surface area is 81.6 Å². The maximum absolute atomic E-state index is 11.0. The van der Waals surface area contributed by atoms with Gasteiger partial charge in [-0.2, -0.15) is 4.98 Å². The predicted octanol–water partition coefficient (Wildman–Crippen LogP) is 1.27. The van der Waals surface area contributed by atoms with Crippen LogP contribution in [-0.4, -0.2) is 23.1 Å². The van der Waals surface area contributed by atoms with Crippen molar-refractivity contribution in [3.63, 3.8) is 0 Å². The highest BCUT2D eigenvalue weighted by Gasteiger charge is 2.07. The molecule has 0 amide bonds. The number of hydrogen-bond donors (Lipinski definition) is 1. The van der Waals surface area contributed by atoms with Crippen molar-refractivity contribution in [1.29, 1.82) is 0 Å². The second-order valence-corrected chi connectivity index (χ2v) is 3.50. The fourth-order valence-corrected chi connectivity index (χ4v) is 1.04. The maximum Gasteiger partial charge on any atom is 0.348 e. The Hall–Kier alpha value is -1.03. The molecule has 1 aromatic rings. The van der Waals surface area contributed by atoms with Crippen molar-refractivity contribution in [2.24, 2.45) is 0 Å². The van der Waals surface area contributed by atoms with Crippen molar-refractivity contribution in [1.82, 2.24) is 9.97 Å². The summed E-state index contributed by atoms with van der Waals surface area (Å²) < 4.78 is 0. The molecule has 1 aromatic heterocycles. The second-order valence-electron chi connectivity index (χ2n) is 3.10. The molecule has 0 aliphatic heterocycles. The minimum atomic E-state index is -0.421. The Morgan fingerprint density at radius 1 is 1.62 bits per heavy atom. The zero-order valence-corrected chi connectivity index (χ0v) is 8.59. The molecule has 0 aliphatic carbocycles. The van der Waals surface area contributed by atoms with E-state index in [1.165, 1.54) is 0 Å². The molecule has 13 heavy (non-hydrogen) atoms. The molecule has 0 atom stereocenters. The Balaban J connectivity index is 3.08. The van der Waals surface area contributed by atoms with Crippen LogP contribution in [0.25, 0.3) is 0 Å². The van der Waals surface area contributed by atoms with Gasteiger partial charge in [0.25, 0.3) is 0 Å². The van der Waals surface area contributed by atoms with Crippen molar-refractivity contribution in [2.75, 3.05) is 11.9 Å². The number of aromatic nitrogens is 2. The van der Waals surface area contributed by atoms with Crippen LogP contribution in [0.5, 0.6) is 0 Å². The van der Waals surface area contributed by atoms with E-state index in [2.05, 4.69) is 9.97 Å². The molecule has 0 unspecified atom stereocenters. The quantitative estimate of drug-likeness (QED) is 0.734. The SMILES string of the molecule is CC(C)N(C)c1cc(Cl)[nH]c(=O)n1. The van der Waals surface area contributed by atoms with Crippen LogP contribution in [0, 0.1) is 0 Å². The zero-order chi connectivity index (χ0) is 10.0. The predicted molar refractivity (Wildman–Crippen MR) is 53.4 cm³/mol. The standard InChI is InChI=1S/C8H12ClN3O/c1-5(2)12(3)7-4-6(9)10-8(13)11-7/h4-5H,1-3H3,(H,10,11,13). The minimum Gasteiger partial charge on any atom is -0.357 e. The molecule has 0 radical (unpaired) electrons. The average Bonchev–Trinajstić information content (AvgIpc) is 2.01. The fourth-order valence-electron chi connectivity index (χ4n) is 0.861. The maximum atomic E-state index is 11.0. The molecule has 0 saturated carbocycles. The van der Waals surface area contributed by atoms with E-state index in [-0.39, 0.29) is 6.04 Å². The molecule has 1 heterocycles. The van der Waals surface area contributed by atoms with Crippen molar-refractivity contribution >= 4 is 17.4 Å². The molecule has 1 rings (SSSR count). The average molecular weight is 202 g/mol. The van der Waals surface area contributed by atoms with Crippen LogP contribution in [0.15, 0.2) is 10.9 Å². The van der Waals surface area contributed by atoms with Crippen LogP contribution in [0.4, 0.5) is 5.82 Å². The third-order valence-electron chi connectivity index (χ3n) is 1.83. The Morgan fingerprint density at radius 3 is 2.69 bits per heavy atom. The van der Waals surface area contributed by atoms with Crippen LogP contribution >= 0.6 is 11.6 Å². The highest BCUT2D eigenvalue weighted by Crippen LogP contribution is 2.12. The van der Waals surface area contributed by atoms with Crippen LogP contribution in [0.2, 0.25) is 5.15 Å². The van der Waals surface area contributed by atoms with E-state index in [9.17, 15) is 4.79 Å². The highest BCUT2D eigenvalue weighted by molar-refractivity contribution is 6.29. The van der Waals surface area contributed by atoms with Gasteiger partial charge in [0.15, 0.2) is 0 Å². The van der Waals surface area contributed by atoms with Gasteiger partial charge in [0, 0.05) is 19.2 Å². The van der Waals surface area contributed by atoms with E-state index in [0.29, 0.717) is 11.0 Å². The monoisotopic (exact) mass is 201 g/mol. The number of anilines is 1. The van der Waals surface area contributed by atoms with Gasteiger partial charge in [0.1, 0.15) is 11.0 Å². The lowest BCUT2D eigenvalue weighted by atomic mass is 10.3. The van der Waals surface area contributed by atoms with Gasteiger partial charge in [-0.1, -0.05) is 11.6 Å². The Kier molecular flexibility index (Phi) is 2.93. The van der Waals surface area contributed by atoms with Gasteiger partial charge < -0.3 is 4.90 Å². The molecule has 0 spiro atoms. The molecule has 0 aliphatic rings. The number of halogens is 1. The second kappa shape index (κ2) is 3.79. The van der Waals surface area contributed by atoms with Gasteiger partial charge in [-0.3, -0.25) is 4.98 Å². The smallest absolute Gasteiger partial charge is 0.348 e. The summed E-state index contributed by atoms with van der Waals surface area (Å²) in [5, 5.41) is 0.308. The molecule has 0 saturated heterocycles. The first-order valence-electron chi connectivity index (χ1n) is 4.00. The van der Waals surface area contributed by atoms with Gasteiger partial charge in [-0.15, -0.1) is 0 Å². The lowest BCUT2D eigenvalue weighted by Gasteiger charge is -2.21. The first-order valence-corrected chi connectivity index (χ1v) is 4.38. The molecule has 4 nitrogen and oxygen atoms in total. The van der Waals surface area contributed by atoms with Crippen molar-refractivity contribution < 1.29 is 0 Å². The molecule has 0 bridgehead atoms. The lowest BCUT2D eigenvalue weighted by molar-refractivity contribution is 0.739. The highest BCUT2D eigenvalue weighted by atomic mass is 35.5. The van der Waals surface area contributed by atoms with E-state index in [1.807, 2.05) is 25.8 Å². The topological polar surface area (TPSA) is 49.0 Å². The van der Waals surface area contributed by atoms with E-state index < -0.39 is 5.69 Å². The summed E-state index contributed by atoms with van der Waals surface area (Å²) >= 11 is 5.68. The molecular formula is C8H12ClN3O. The van der Waals surface area contributed by atoms with Gasteiger partial charge in [0.05, 0.1) is 0 Å². The van der Waals surface area contributed by atoms with Gasteiger partial charge in [-0.25, -0.2) is 4.79 Å². The van der Waals surface area contributed by atoms with Crippen molar-refractivity contribution in [3.8, 4) is 0 Å². The van der Waals surface area contributed by atoms with Crippen LogP contribution in [0.1, 0.15) is 13.8 Å². The zero-order valence-electron chi connectivity index (χ0n) is 7.84. The summed E-state index contributed by atoms with van der Waals surface area (Å²) in [6.07, 6.45) is 0. The summed E-state index contributed by atoms with van der Waals surface area (Å²) in [4.78, 5) is 19.0. The first-order chi connectivity index (χ1) is 6.00. The van der Waals surface area contributed by atoms with E-state index >= 15 is 0 Å². The number of H-pyrrole nitrogens is 1. The van der Waals surface area contributed by atoms with Crippen LogP contribution in [-0.2, 0) is 0 Å². The Bertz CT molecular complexity index is 347. The van der Waals surface area contributed by atoms with E-state index in [0.717, 1.165) is 0 Å². The van der Waals surface area contributed by atoms with Crippen LogP contribution < -0.4 is 10.6 Å². The number of hydrogen-bond acceptors (Lipinski definition) is 3. The molecule has 0 aromatic carbocycles. The first kappa shape index (κ1) is 10.1. The minimum absolute atomic E-state index is 0.283. The summed E-state index contributed by atoms with van der Waals surface area (Å²) in [5.74, 6) is 0.587. The normalized spacial score (nSPS) is 10.5. The summed E-state index contributed by atoms with van der Waals surface area (Å²) in [7, 11) is 1.86. The summed E-state index contributed by atoms with van der Waals surface area (Å²) in [6, 6.07) is 1.91. The van der Waals surface area contributed by atoms with Crippen molar-refractivity contribution in [3.05, 3.63) is 21.7 Å². The molecular weight excluding hydrogens is 190 g/mol.